The van der Waals surface area contributed by atoms with Crippen molar-refractivity contribution >= 4 is 17.0 Å². The molecule has 8 heteroatoms. The van der Waals surface area contributed by atoms with E-state index in [0.717, 1.165) is 22.2 Å². The molecule has 0 aliphatic carbocycles. The maximum Gasteiger partial charge on any atom is 0.306 e. The Labute approximate surface area is 202 Å². The van der Waals surface area contributed by atoms with Crippen LogP contribution >= 0.6 is 0 Å². The smallest absolute Gasteiger partial charge is 0.306 e. The van der Waals surface area contributed by atoms with Crippen LogP contribution in [0.4, 0.5) is 0 Å². The summed E-state index contributed by atoms with van der Waals surface area (Å²) >= 11 is 0. The van der Waals surface area contributed by atoms with Crippen LogP contribution in [0.5, 0.6) is 5.75 Å². The molecule has 0 spiro atoms. The van der Waals surface area contributed by atoms with Gasteiger partial charge in [-0.1, -0.05) is 39.0 Å². The summed E-state index contributed by atoms with van der Waals surface area (Å²) in [4.78, 5) is 18.2. The number of phenols is 1. The second kappa shape index (κ2) is 10.5. The molecule has 0 radical (unpaired) electrons. The molecule has 0 fully saturated rings. The molecule has 34 heavy (non-hydrogen) atoms. The summed E-state index contributed by atoms with van der Waals surface area (Å²) in [6.45, 7) is 7.47. The second-order valence-electron chi connectivity index (χ2n) is 10.4. The number of hydrogen-bond donors (Lipinski definition) is 1. The minimum Gasteiger partial charge on any atom is -0.505 e. The summed E-state index contributed by atoms with van der Waals surface area (Å²) in [5.41, 5.74) is 3.41. The number of hydrogen-bond acceptors (Lipinski definition) is 7. The van der Waals surface area contributed by atoms with E-state index >= 15 is 0 Å². The van der Waals surface area contributed by atoms with Gasteiger partial charge in [0.1, 0.15) is 28.6 Å². The number of fused-ring (bicyclic) bond motifs is 1. The summed E-state index contributed by atoms with van der Waals surface area (Å²) in [5, 5.41) is 20.2. The van der Waals surface area contributed by atoms with E-state index in [2.05, 4.69) is 10.2 Å². The molecule has 3 aromatic rings. The molecule has 0 unspecified atom stereocenters. The third kappa shape index (κ3) is 6.55. The molecule has 0 amide bonds. The Bertz CT molecular complexity index is 1090. The highest BCUT2D eigenvalue weighted by Gasteiger charge is 2.24. The molecule has 1 aromatic heterocycles. The third-order valence-electron chi connectivity index (χ3n) is 5.51. The fourth-order valence-corrected chi connectivity index (χ4v) is 3.95. The second-order valence-corrected chi connectivity index (χ2v) is 10.4. The number of carbonyl (C=O) groups excluding carboxylic acids is 1. The van der Waals surface area contributed by atoms with Gasteiger partial charge in [-0.05, 0) is 63.8 Å². The predicted octanol–water partition coefficient (Wildman–Crippen LogP) is 3.39. The van der Waals surface area contributed by atoms with Gasteiger partial charge >= 0.3 is 5.97 Å². The SMILES string of the molecule is CN(C)CC(CN(C)C)OC(=O)CCc1cc(-n2nc3ccccc3n2)c(O)c(C(C)(C)C)c1. The highest BCUT2D eigenvalue weighted by molar-refractivity contribution is 5.74. The summed E-state index contributed by atoms with van der Waals surface area (Å²) in [6, 6.07) is 11.4. The van der Waals surface area contributed by atoms with Gasteiger partial charge in [-0.3, -0.25) is 4.79 Å². The van der Waals surface area contributed by atoms with E-state index in [4.69, 9.17) is 4.74 Å². The summed E-state index contributed by atoms with van der Waals surface area (Å²) in [6.07, 6.45) is 0.547. The lowest BCUT2D eigenvalue weighted by Gasteiger charge is -2.24. The normalized spacial score (nSPS) is 12.3. The number of aryl methyl sites for hydroxylation is 1. The molecule has 1 heterocycles. The van der Waals surface area contributed by atoms with Crippen LogP contribution in [0, 0.1) is 0 Å². The Hall–Kier alpha value is -2.97. The Balaban J connectivity index is 1.85. The van der Waals surface area contributed by atoms with Gasteiger partial charge in [-0.2, -0.15) is 0 Å². The van der Waals surface area contributed by atoms with E-state index in [1.165, 1.54) is 4.80 Å². The number of esters is 1. The molecule has 2 aromatic carbocycles. The van der Waals surface area contributed by atoms with E-state index in [9.17, 15) is 9.90 Å². The number of phenolic OH excluding ortho intramolecular Hbond substituents is 1. The molecular formula is C26H37N5O3. The van der Waals surface area contributed by atoms with Gasteiger partial charge in [-0.25, -0.2) is 0 Å². The highest BCUT2D eigenvalue weighted by Crippen LogP contribution is 2.36. The first-order valence-corrected chi connectivity index (χ1v) is 11.6. The number of benzene rings is 2. The largest absolute Gasteiger partial charge is 0.505 e. The highest BCUT2D eigenvalue weighted by atomic mass is 16.5. The Morgan fingerprint density at radius 3 is 2.09 bits per heavy atom. The predicted molar refractivity (Wildman–Crippen MR) is 135 cm³/mol. The van der Waals surface area contributed by atoms with E-state index in [0.29, 0.717) is 25.2 Å². The van der Waals surface area contributed by atoms with E-state index in [1.54, 1.807) is 0 Å². The first-order chi connectivity index (χ1) is 15.9. The van der Waals surface area contributed by atoms with Crippen molar-refractivity contribution in [2.75, 3.05) is 41.3 Å². The molecule has 0 saturated heterocycles. The Kier molecular flexibility index (Phi) is 7.94. The molecule has 8 nitrogen and oxygen atoms in total. The van der Waals surface area contributed by atoms with Crippen molar-refractivity contribution in [1.82, 2.24) is 24.8 Å². The average Bonchev–Trinajstić information content (AvgIpc) is 3.15. The molecule has 184 valence electrons. The van der Waals surface area contributed by atoms with Crippen molar-refractivity contribution in [3.05, 3.63) is 47.5 Å². The number of aromatic nitrogens is 3. The molecular weight excluding hydrogens is 430 g/mol. The van der Waals surface area contributed by atoms with Crippen LogP contribution in [0.2, 0.25) is 0 Å². The maximum atomic E-state index is 12.7. The minimum absolute atomic E-state index is 0.149. The standard InChI is InChI=1S/C26H37N5O3/c1-26(2,3)20-14-18(12-13-24(32)34-19(16-29(4)5)17-30(6)7)15-23(25(20)33)31-27-21-10-8-9-11-22(21)28-31/h8-11,14-15,19,33H,12-13,16-17H2,1-7H3. The fourth-order valence-electron chi connectivity index (χ4n) is 3.95. The monoisotopic (exact) mass is 467 g/mol. The zero-order valence-electron chi connectivity index (χ0n) is 21.4. The number of carbonyl (C=O) groups is 1. The van der Waals surface area contributed by atoms with Gasteiger partial charge in [-0.15, -0.1) is 15.0 Å². The van der Waals surface area contributed by atoms with Crippen molar-refractivity contribution in [2.45, 2.75) is 45.1 Å². The van der Waals surface area contributed by atoms with Gasteiger partial charge in [0.15, 0.2) is 0 Å². The molecule has 0 aliphatic heterocycles. The number of ether oxygens (including phenoxy) is 1. The van der Waals surface area contributed by atoms with E-state index in [-0.39, 0.29) is 29.7 Å². The van der Waals surface area contributed by atoms with Crippen molar-refractivity contribution in [3.8, 4) is 11.4 Å². The molecule has 1 N–H and O–H groups in total. The van der Waals surface area contributed by atoms with E-state index in [1.807, 2.05) is 95.2 Å². The number of nitrogens with zero attached hydrogens (tertiary/aromatic N) is 5. The zero-order chi connectivity index (χ0) is 25.0. The lowest BCUT2D eigenvalue weighted by atomic mass is 9.84. The number of aromatic hydroxyl groups is 1. The van der Waals surface area contributed by atoms with Crippen molar-refractivity contribution in [3.63, 3.8) is 0 Å². The Morgan fingerprint density at radius 1 is 1.03 bits per heavy atom. The third-order valence-corrected chi connectivity index (χ3v) is 5.51. The van der Waals surface area contributed by atoms with Crippen molar-refractivity contribution in [1.29, 1.82) is 0 Å². The van der Waals surface area contributed by atoms with Gasteiger partial charge < -0.3 is 19.6 Å². The molecule has 0 atom stereocenters. The Morgan fingerprint density at radius 2 is 1.59 bits per heavy atom. The number of likely N-dealkylation sites (N-methyl/N-ethyl adjacent to an activating group) is 2. The fraction of sp³-hybridized carbons (Fsp3) is 0.500. The topological polar surface area (TPSA) is 83.7 Å². The first kappa shape index (κ1) is 25.6. The van der Waals surface area contributed by atoms with Crippen LogP contribution in [0.25, 0.3) is 16.7 Å². The average molecular weight is 468 g/mol. The van der Waals surface area contributed by atoms with Crippen molar-refractivity contribution < 1.29 is 14.6 Å². The molecule has 3 rings (SSSR count). The van der Waals surface area contributed by atoms with Gasteiger partial charge in [0, 0.05) is 25.1 Å². The minimum atomic E-state index is -0.301. The van der Waals surface area contributed by atoms with E-state index < -0.39 is 0 Å². The van der Waals surface area contributed by atoms with Gasteiger partial charge in [0.05, 0.1) is 0 Å². The van der Waals surface area contributed by atoms with Gasteiger partial charge in [0.25, 0.3) is 0 Å². The van der Waals surface area contributed by atoms with Crippen LogP contribution in [-0.4, -0.2) is 83.3 Å². The van der Waals surface area contributed by atoms with Crippen molar-refractivity contribution in [2.24, 2.45) is 0 Å². The summed E-state index contributed by atoms with van der Waals surface area (Å²) < 4.78 is 5.77. The zero-order valence-corrected chi connectivity index (χ0v) is 21.4. The van der Waals surface area contributed by atoms with Crippen LogP contribution < -0.4 is 0 Å². The molecule has 0 aliphatic rings. The quantitative estimate of drug-likeness (QED) is 0.483. The molecule has 0 bridgehead atoms. The first-order valence-electron chi connectivity index (χ1n) is 11.6. The van der Waals surface area contributed by atoms with Gasteiger partial charge in [0.2, 0.25) is 0 Å². The summed E-state index contributed by atoms with van der Waals surface area (Å²) in [5.74, 6) is -0.0836. The number of rotatable bonds is 9. The van der Waals surface area contributed by atoms with Crippen LogP contribution in [0.3, 0.4) is 0 Å². The van der Waals surface area contributed by atoms with Crippen LogP contribution in [0.1, 0.15) is 38.3 Å². The van der Waals surface area contributed by atoms with Crippen LogP contribution in [0.15, 0.2) is 36.4 Å². The summed E-state index contributed by atoms with van der Waals surface area (Å²) in [7, 11) is 7.87. The maximum absolute atomic E-state index is 12.7. The molecule has 0 saturated carbocycles. The van der Waals surface area contributed by atoms with Crippen LogP contribution in [-0.2, 0) is 21.4 Å². The lowest BCUT2D eigenvalue weighted by Crippen LogP contribution is -2.38. The lowest BCUT2D eigenvalue weighted by molar-refractivity contribution is -0.150.